The Hall–Kier alpha value is -1.69. The largest absolute Gasteiger partial charge is 0.279 e. The molecule has 0 saturated carbocycles. The van der Waals surface area contributed by atoms with Crippen LogP contribution in [-0.4, -0.2) is 32.4 Å². The lowest BCUT2D eigenvalue weighted by atomic mass is 9.92. The maximum absolute atomic E-state index is 12.4. The van der Waals surface area contributed by atoms with E-state index >= 15 is 0 Å². The van der Waals surface area contributed by atoms with Crippen molar-refractivity contribution in [2.45, 2.75) is 18.8 Å². The first kappa shape index (κ1) is 16.2. The monoisotopic (exact) mass is 330 g/mol. The molecule has 0 aliphatic carbocycles. The second-order valence-corrected chi connectivity index (χ2v) is 7.59. The SMILES string of the molecule is O=S(=O)(NCC(c1ccccc1)c1ccccc1)N1CCCC1. The topological polar surface area (TPSA) is 49.4 Å². The van der Waals surface area contributed by atoms with Gasteiger partial charge in [-0.25, -0.2) is 4.72 Å². The Kier molecular flexibility index (Phi) is 5.10. The van der Waals surface area contributed by atoms with E-state index in [4.69, 9.17) is 0 Å². The maximum Gasteiger partial charge on any atom is 0.279 e. The zero-order chi connectivity index (χ0) is 16.1. The molecule has 122 valence electrons. The number of nitrogens with one attached hydrogen (secondary N) is 1. The van der Waals surface area contributed by atoms with E-state index in [0.29, 0.717) is 19.6 Å². The van der Waals surface area contributed by atoms with Crippen molar-refractivity contribution in [3.05, 3.63) is 71.8 Å². The van der Waals surface area contributed by atoms with Gasteiger partial charge in [0.2, 0.25) is 0 Å². The molecule has 1 N–H and O–H groups in total. The molecular weight excluding hydrogens is 308 g/mol. The van der Waals surface area contributed by atoms with E-state index in [-0.39, 0.29) is 5.92 Å². The summed E-state index contributed by atoms with van der Waals surface area (Å²) in [5.74, 6) is 0.00905. The van der Waals surface area contributed by atoms with Crippen molar-refractivity contribution < 1.29 is 8.42 Å². The van der Waals surface area contributed by atoms with Crippen molar-refractivity contribution in [1.29, 1.82) is 0 Å². The van der Waals surface area contributed by atoms with E-state index in [0.717, 1.165) is 24.0 Å². The molecule has 0 spiro atoms. The van der Waals surface area contributed by atoms with Crippen LogP contribution in [0, 0.1) is 0 Å². The van der Waals surface area contributed by atoms with Crippen LogP contribution in [0.2, 0.25) is 0 Å². The molecule has 0 atom stereocenters. The molecule has 1 aliphatic rings. The predicted octanol–water partition coefficient (Wildman–Crippen LogP) is 2.75. The molecule has 2 aromatic carbocycles. The lowest BCUT2D eigenvalue weighted by Gasteiger charge is -2.21. The van der Waals surface area contributed by atoms with Crippen LogP contribution in [0.5, 0.6) is 0 Å². The average Bonchev–Trinajstić information content (AvgIpc) is 3.12. The maximum atomic E-state index is 12.4. The molecule has 5 heteroatoms. The third-order valence-electron chi connectivity index (χ3n) is 4.28. The summed E-state index contributed by atoms with van der Waals surface area (Å²) in [5.41, 5.74) is 2.23. The highest BCUT2D eigenvalue weighted by molar-refractivity contribution is 7.87. The van der Waals surface area contributed by atoms with Crippen LogP contribution in [0.3, 0.4) is 0 Å². The van der Waals surface area contributed by atoms with Crippen molar-refractivity contribution in [3.63, 3.8) is 0 Å². The molecule has 4 nitrogen and oxygen atoms in total. The lowest BCUT2D eigenvalue weighted by molar-refractivity contribution is 0.463. The van der Waals surface area contributed by atoms with Gasteiger partial charge in [0.1, 0.15) is 0 Å². The Balaban J connectivity index is 1.80. The summed E-state index contributed by atoms with van der Waals surface area (Å²) in [6.45, 7) is 1.61. The Bertz CT molecular complexity index is 672. The zero-order valence-corrected chi connectivity index (χ0v) is 13.9. The summed E-state index contributed by atoms with van der Waals surface area (Å²) in [7, 11) is -3.39. The second kappa shape index (κ2) is 7.25. The Labute approximate surface area is 138 Å². The number of benzene rings is 2. The smallest absolute Gasteiger partial charge is 0.201 e. The minimum absolute atomic E-state index is 0.00905. The van der Waals surface area contributed by atoms with Crippen molar-refractivity contribution in [2.24, 2.45) is 0 Å². The van der Waals surface area contributed by atoms with Crippen LogP contribution in [0.4, 0.5) is 0 Å². The highest BCUT2D eigenvalue weighted by Crippen LogP contribution is 2.24. The second-order valence-electron chi connectivity index (χ2n) is 5.83. The van der Waals surface area contributed by atoms with Crippen molar-refractivity contribution in [3.8, 4) is 0 Å². The standard InChI is InChI=1S/C18H22N2O2S/c21-23(22,20-13-7-8-14-20)19-15-18(16-9-3-1-4-10-16)17-11-5-2-6-12-17/h1-6,9-12,18-19H,7-8,13-15H2. The average molecular weight is 330 g/mol. The molecule has 1 aliphatic heterocycles. The van der Waals surface area contributed by atoms with Gasteiger partial charge in [-0.05, 0) is 24.0 Å². The number of hydrogen-bond donors (Lipinski definition) is 1. The quantitative estimate of drug-likeness (QED) is 0.885. The van der Waals surface area contributed by atoms with E-state index in [2.05, 4.69) is 4.72 Å². The third kappa shape index (κ3) is 3.99. The molecule has 0 aromatic heterocycles. The third-order valence-corrected chi connectivity index (χ3v) is 5.86. The van der Waals surface area contributed by atoms with Crippen LogP contribution < -0.4 is 4.72 Å². The van der Waals surface area contributed by atoms with Gasteiger partial charge in [0, 0.05) is 25.6 Å². The van der Waals surface area contributed by atoms with Gasteiger partial charge in [-0.15, -0.1) is 0 Å². The van der Waals surface area contributed by atoms with Crippen LogP contribution in [0.25, 0.3) is 0 Å². The first-order chi connectivity index (χ1) is 11.2. The zero-order valence-electron chi connectivity index (χ0n) is 13.1. The Morgan fingerprint density at radius 1 is 0.870 bits per heavy atom. The predicted molar refractivity (Wildman–Crippen MR) is 92.5 cm³/mol. The number of nitrogens with zero attached hydrogens (tertiary/aromatic N) is 1. The van der Waals surface area contributed by atoms with Gasteiger partial charge < -0.3 is 0 Å². The number of hydrogen-bond acceptors (Lipinski definition) is 2. The summed E-state index contributed by atoms with van der Waals surface area (Å²) in [6.07, 6.45) is 1.89. The van der Waals surface area contributed by atoms with Crippen LogP contribution in [-0.2, 0) is 10.2 Å². The minimum Gasteiger partial charge on any atom is -0.201 e. The number of rotatable bonds is 6. The molecule has 3 rings (SSSR count). The van der Waals surface area contributed by atoms with Crippen molar-refractivity contribution in [2.75, 3.05) is 19.6 Å². The van der Waals surface area contributed by atoms with E-state index in [9.17, 15) is 8.42 Å². The van der Waals surface area contributed by atoms with E-state index in [1.807, 2.05) is 60.7 Å². The fourth-order valence-electron chi connectivity index (χ4n) is 3.01. The fourth-order valence-corrected chi connectivity index (χ4v) is 4.31. The van der Waals surface area contributed by atoms with E-state index in [1.165, 1.54) is 0 Å². The van der Waals surface area contributed by atoms with Crippen molar-refractivity contribution >= 4 is 10.2 Å². The minimum atomic E-state index is -3.39. The van der Waals surface area contributed by atoms with Gasteiger partial charge in [0.25, 0.3) is 10.2 Å². The lowest BCUT2D eigenvalue weighted by Crippen LogP contribution is -2.40. The molecular formula is C18H22N2O2S. The van der Waals surface area contributed by atoms with Crippen molar-refractivity contribution in [1.82, 2.24) is 9.03 Å². The fraction of sp³-hybridized carbons (Fsp3) is 0.333. The van der Waals surface area contributed by atoms with Gasteiger partial charge in [-0.2, -0.15) is 12.7 Å². The summed E-state index contributed by atoms with van der Waals surface area (Å²) in [5, 5.41) is 0. The highest BCUT2D eigenvalue weighted by atomic mass is 32.2. The van der Waals surface area contributed by atoms with Gasteiger partial charge in [0.05, 0.1) is 0 Å². The highest BCUT2D eigenvalue weighted by Gasteiger charge is 2.26. The molecule has 1 fully saturated rings. The molecule has 0 bridgehead atoms. The van der Waals surface area contributed by atoms with Crippen LogP contribution in [0.1, 0.15) is 29.9 Å². The summed E-state index contributed by atoms with van der Waals surface area (Å²) in [4.78, 5) is 0. The first-order valence-electron chi connectivity index (χ1n) is 8.01. The molecule has 1 saturated heterocycles. The molecule has 23 heavy (non-hydrogen) atoms. The van der Waals surface area contributed by atoms with Crippen LogP contribution >= 0.6 is 0 Å². The van der Waals surface area contributed by atoms with Gasteiger partial charge in [-0.1, -0.05) is 60.7 Å². The molecule has 0 radical (unpaired) electrons. The summed E-state index contributed by atoms with van der Waals surface area (Å²) >= 11 is 0. The van der Waals surface area contributed by atoms with Gasteiger partial charge in [-0.3, -0.25) is 0 Å². The summed E-state index contributed by atoms with van der Waals surface area (Å²) in [6, 6.07) is 20.1. The van der Waals surface area contributed by atoms with Crippen LogP contribution in [0.15, 0.2) is 60.7 Å². The molecule has 2 aromatic rings. The Morgan fingerprint density at radius 3 is 1.83 bits per heavy atom. The molecule has 0 unspecified atom stereocenters. The summed E-state index contributed by atoms with van der Waals surface area (Å²) < 4.78 is 29.2. The molecule has 0 amide bonds. The Morgan fingerprint density at radius 2 is 1.35 bits per heavy atom. The van der Waals surface area contributed by atoms with E-state index in [1.54, 1.807) is 4.31 Å². The van der Waals surface area contributed by atoms with Gasteiger partial charge in [0.15, 0.2) is 0 Å². The molecule has 1 heterocycles. The van der Waals surface area contributed by atoms with E-state index < -0.39 is 10.2 Å². The van der Waals surface area contributed by atoms with Gasteiger partial charge >= 0.3 is 0 Å². The first-order valence-corrected chi connectivity index (χ1v) is 9.45. The normalized spacial score (nSPS) is 16.0.